The van der Waals surface area contributed by atoms with E-state index in [1.165, 1.54) is 24.2 Å². The van der Waals surface area contributed by atoms with Crippen LogP contribution in [0.1, 0.15) is 18.5 Å². The van der Waals surface area contributed by atoms with Crippen LogP contribution in [-0.2, 0) is 7.05 Å². The van der Waals surface area contributed by atoms with Crippen LogP contribution in [-0.4, -0.2) is 14.8 Å². The summed E-state index contributed by atoms with van der Waals surface area (Å²) in [6.45, 7) is 1.82. The molecule has 0 aliphatic rings. The van der Waals surface area contributed by atoms with Crippen molar-refractivity contribution < 1.29 is 4.39 Å². The summed E-state index contributed by atoms with van der Waals surface area (Å²) in [6.07, 6.45) is 1.44. The first kappa shape index (κ1) is 12.1. The lowest BCUT2D eigenvalue weighted by Crippen LogP contribution is -2.05. The third-order valence-electron chi connectivity index (χ3n) is 2.35. The Hall–Kier alpha value is -1.40. The summed E-state index contributed by atoms with van der Waals surface area (Å²) < 4.78 is 15.4. The van der Waals surface area contributed by atoms with Crippen molar-refractivity contribution in [3.63, 3.8) is 0 Å². The minimum absolute atomic E-state index is 0.168. The molecule has 0 radical (unpaired) electrons. The number of aryl methyl sites for hydroxylation is 1. The SMILES string of the molecule is C[C@H](N)c1ccc(Sc2ncnn2C)c(F)c1. The molecule has 0 spiro atoms. The van der Waals surface area contributed by atoms with Gasteiger partial charge in [-0.05, 0) is 36.4 Å². The van der Waals surface area contributed by atoms with E-state index in [9.17, 15) is 4.39 Å². The molecule has 0 fully saturated rings. The Bertz CT molecular complexity index is 524. The molecule has 4 nitrogen and oxygen atoms in total. The number of halogens is 1. The molecule has 6 heteroatoms. The highest BCUT2D eigenvalue weighted by molar-refractivity contribution is 7.99. The van der Waals surface area contributed by atoms with Gasteiger partial charge in [-0.3, -0.25) is 0 Å². The van der Waals surface area contributed by atoms with Crippen molar-refractivity contribution >= 4 is 11.8 Å². The van der Waals surface area contributed by atoms with E-state index in [2.05, 4.69) is 10.1 Å². The largest absolute Gasteiger partial charge is 0.324 e. The predicted octanol–water partition coefficient (Wildman–Crippen LogP) is 2.13. The predicted molar refractivity (Wildman–Crippen MR) is 64.1 cm³/mol. The Labute approximate surface area is 103 Å². The third-order valence-corrected chi connectivity index (χ3v) is 3.46. The van der Waals surface area contributed by atoms with Gasteiger partial charge in [0.15, 0.2) is 5.16 Å². The zero-order valence-corrected chi connectivity index (χ0v) is 10.4. The first-order valence-electron chi connectivity index (χ1n) is 5.15. The van der Waals surface area contributed by atoms with Gasteiger partial charge in [-0.25, -0.2) is 14.1 Å². The number of benzene rings is 1. The van der Waals surface area contributed by atoms with Crippen LogP contribution in [0.4, 0.5) is 4.39 Å². The molecule has 0 unspecified atom stereocenters. The molecule has 0 aliphatic heterocycles. The Morgan fingerprint density at radius 2 is 2.24 bits per heavy atom. The molecular weight excluding hydrogens is 239 g/mol. The second kappa shape index (κ2) is 4.85. The number of hydrogen-bond acceptors (Lipinski definition) is 4. The van der Waals surface area contributed by atoms with Gasteiger partial charge in [0.05, 0.1) is 4.90 Å². The molecule has 2 aromatic rings. The van der Waals surface area contributed by atoms with E-state index in [1.54, 1.807) is 17.8 Å². The van der Waals surface area contributed by atoms with Crippen LogP contribution in [0.5, 0.6) is 0 Å². The number of rotatable bonds is 3. The first-order chi connectivity index (χ1) is 8.08. The number of nitrogens with two attached hydrogens (primary N) is 1. The molecule has 0 amide bonds. The molecule has 0 bridgehead atoms. The average molecular weight is 252 g/mol. The van der Waals surface area contributed by atoms with Crippen molar-refractivity contribution in [3.8, 4) is 0 Å². The number of hydrogen-bond donors (Lipinski definition) is 1. The number of aromatic nitrogens is 3. The van der Waals surface area contributed by atoms with Crippen LogP contribution < -0.4 is 5.73 Å². The molecule has 0 aliphatic carbocycles. The lowest BCUT2D eigenvalue weighted by Gasteiger charge is -2.08. The van der Waals surface area contributed by atoms with E-state index in [4.69, 9.17) is 5.73 Å². The van der Waals surface area contributed by atoms with Gasteiger partial charge in [-0.2, -0.15) is 5.10 Å². The lowest BCUT2D eigenvalue weighted by atomic mass is 10.1. The van der Waals surface area contributed by atoms with Crippen molar-refractivity contribution in [2.75, 3.05) is 0 Å². The van der Waals surface area contributed by atoms with Gasteiger partial charge in [0, 0.05) is 13.1 Å². The van der Waals surface area contributed by atoms with Crippen LogP contribution in [0.3, 0.4) is 0 Å². The van der Waals surface area contributed by atoms with E-state index >= 15 is 0 Å². The van der Waals surface area contributed by atoms with Crippen molar-refractivity contribution in [1.82, 2.24) is 14.8 Å². The molecule has 90 valence electrons. The number of nitrogens with zero attached hydrogens (tertiary/aromatic N) is 3. The molecule has 0 saturated heterocycles. The molecule has 0 saturated carbocycles. The van der Waals surface area contributed by atoms with Crippen molar-refractivity contribution in [3.05, 3.63) is 35.9 Å². The Balaban J connectivity index is 2.26. The van der Waals surface area contributed by atoms with Crippen molar-refractivity contribution in [1.29, 1.82) is 0 Å². The molecule has 1 aromatic heterocycles. The van der Waals surface area contributed by atoms with Gasteiger partial charge in [0.25, 0.3) is 0 Å². The van der Waals surface area contributed by atoms with E-state index in [0.29, 0.717) is 10.1 Å². The quantitative estimate of drug-likeness (QED) is 0.909. The van der Waals surface area contributed by atoms with Crippen LogP contribution in [0.15, 0.2) is 34.6 Å². The minimum Gasteiger partial charge on any atom is -0.324 e. The van der Waals surface area contributed by atoms with E-state index in [1.807, 2.05) is 13.0 Å². The van der Waals surface area contributed by atoms with Crippen LogP contribution in [0, 0.1) is 5.82 Å². The molecule has 2 rings (SSSR count). The molecule has 17 heavy (non-hydrogen) atoms. The first-order valence-corrected chi connectivity index (χ1v) is 5.96. The maximum absolute atomic E-state index is 13.8. The van der Waals surface area contributed by atoms with Gasteiger partial charge in [-0.1, -0.05) is 6.07 Å². The second-order valence-corrected chi connectivity index (χ2v) is 4.76. The second-order valence-electron chi connectivity index (χ2n) is 3.75. The summed E-state index contributed by atoms with van der Waals surface area (Å²) in [4.78, 5) is 4.55. The molecule has 2 N–H and O–H groups in total. The highest BCUT2D eigenvalue weighted by Gasteiger charge is 2.10. The maximum atomic E-state index is 13.8. The standard InChI is InChI=1S/C11H13FN4S/c1-7(13)8-3-4-10(9(12)5-8)17-11-14-6-15-16(11)2/h3-7H,13H2,1-2H3/t7-/m0/s1. The summed E-state index contributed by atoms with van der Waals surface area (Å²) in [7, 11) is 1.77. The summed E-state index contributed by atoms with van der Waals surface area (Å²) in [5.41, 5.74) is 6.48. The average Bonchev–Trinajstić information content (AvgIpc) is 2.67. The summed E-state index contributed by atoms with van der Waals surface area (Å²) in [5, 5.41) is 4.58. The third kappa shape index (κ3) is 2.65. The Morgan fingerprint density at radius 1 is 1.47 bits per heavy atom. The molecule has 1 heterocycles. The normalized spacial score (nSPS) is 12.7. The van der Waals surface area contributed by atoms with Gasteiger partial charge in [0.1, 0.15) is 12.1 Å². The zero-order chi connectivity index (χ0) is 12.4. The van der Waals surface area contributed by atoms with E-state index < -0.39 is 0 Å². The van der Waals surface area contributed by atoms with Crippen molar-refractivity contribution in [2.24, 2.45) is 12.8 Å². The van der Waals surface area contributed by atoms with Gasteiger partial charge in [-0.15, -0.1) is 0 Å². The molecule has 1 aromatic carbocycles. The molecular formula is C11H13FN4S. The zero-order valence-electron chi connectivity index (χ0n) is 9.59. The summed E-state index contributed by atoms with van der Waals surface area (Å²) >= 11 is 1.24. The smallest absolute Gasteiger partial charge is 0.190 e. The lowest BCUT2D eigenvalue weighted by molar-refractivity contribution is 0.595. The summed E-state index contributed by atoms with van der Waals surface area (Å²) in [6, 6.07) is 4.83. The van der Waals surface area contributed by atoms with Crippen LogP contribution >= 0.6 is 11.8 Å². The fraction of sp³-hybridized carbons (Fsp3) is 0.273. The van der Waals surface area contributed by atoms with E-state index in [-0.39, 0.29) is 11.9 Å². The van der Waals surface area contributed by atoms with Gasteiger partial charge < -0.3 is 5.73 Å². The van der Waals surface area contributed by atoms with Crippen LogP contribution in [0.25, 0.3) is 0 Å². The highest BCUT2D eigenvalue weighted by atomic mass is 32.2. The van der Waals surface area contributed by atoms with Crippen molar-refractivity contribution in [2.45, 2.75) is 23.0 Å². The van der Waals surface area contributed by atoms with Gasteiger partial charge >= 0.3 is 0 Å². The fourth-order valence-electron chi connectivity index (χ4n) is 1.36. The summed E-state index contributed by atoms with van der Waals surface area (Å²) in [5.74, 6) is -0.284. The Morgan fingerprint density at radius 3 is 2.76 bits per heavy atom. The molecule has 1 atom stereocenters. The minimum atomic E-state index is -0.284. The fourth-order valence-corrected chi connectivity index (χ4v) is 2.13. The monoisotopic (exact) mass is 252 g/mol. The highest BCUT2D eigenvalue weighted by Crippen LogP contribution is 2.29. The Kier molecular flexibility index (Phi) is 3.44. The van der Waals surface area contributed by atoms with Gasteiger partial charge in [0.2, 0.25) is 0 Å². The van der Waals surface area contributed by atoms with Crippen LogP contribution in [0.2, 0.25) is 0 Å². The van der Waals surface area contributed by atoms with E-state index in [0.717, 1.165) is 5.56 Å². The topological polar surface area (TPSA) is 56.7 Å². The maximum Gasteiger partial charge on any atom is 0.190 e.